The summed E-state index contributed by atoms with van der Waals surface area (Å²) in [5.41, 5.74) is -0.376. The number of carbonyl (C=O) groups is 4. The number of fused-ring (bicyclic) bond motifs is 1. The van der Waals surface area contributed by atoms with E-state index in [1.165, 1.54) is 0 Å². The van der Waals surface area contributed by atoms with Crippen LogP contribution in [0.15, 0.2) is 10.6 Å². The van der Waals surface area contributed by atoms with Crippen LogP contribution >= 0.6 is 0 Å². The van der Waals surface area contributed by atoms with Crippen LogP contribution in [0.1, 0.15) is 102 Å². The third-order valence-electron chi connectivity index (χ3n) is 9.07. The highest BCUT2D eigenvalue weighted by molar-refractivity contribution is 5.98. The highest BCUT2D eigenvalue weighted by atomic mass is 16.5. The molecule has 5 atom stereocenters. The normalized spacial score (nSPS) is 25.2. The van der Waals surface area contributed by atoms with Gasteiger partial charge in [0.15, 0.2) is 11.5 Å². The van der Waals surface area contributed by atoms with Crippen molar-refractivity contribution in [2.45, 2.75) is 104 Å². The summed E-state index contributed by atoms with van der Waals surface area (Å²) < 4.78 is 10.5. The first-order valence-corrected chi connectivity index (χ1v) is 14.7. The maximum Gasteiger partial charge on any atom is 0.329 e. The second-order valence-electron chi connectivity index (χ2n) is 12.8. The number of carbonyl (C=O) groups excluding carboxylic acids is 4. The van der Waals surface area contributed by atoms with E-state index in [-0.39, 0.29) is 48.2 Å². The van der Waals surface area contributed by atoms with E-state index < -0.39 is 29.3 Å². The third kappa shape index (κ3) is 6.55. The van der Waals surface area contributed by atoms with Crippen molar-refractivity contribution in [1.29, 1.82) is 0 Å². The highest BCUT2D eigenvalue weighted by Gasteiger charge is 2.52. The van der Waals surface area contributed by atoms with Gasteiger partial charge in [-0.25, -0.2) is 4.79 Å². The number of Topliss-reactive ketones (excluding diaryl/α,β-unsaturated/α-hetero) is 1. The van der Waals surface area contributed by atoms with Gasteiger partial charge in [0.2, 0.25) is 5.91 Å². The number of hydrogen-bond donors (Lipinski definition) is 1. The summed E-state index contributed by atoms with van der Waals surface area (Å²) in [4.78, 5) is 55.9. The third-order valence-corrected chi connectivity index (χ3v) is 9.07. The second-order valence-corrected chi connectivity index (χ2v) is 12.8. The van der Waals surface area contributed by atoms with Crippen molar-refractivity contribution in [2.24, 2.45) is 29.1 Å². The van der Waals surface area contributed by atoms with Gasteiger partial charge in [0, 0.05) is 24.9 Å². The largest absolute Gasteiger partial charge is 0.464 e. The van der Waals surface area contributed by atoms with Gasteiger partial charge in [-0.3, -0.25) is 14.4 Å². The van der Waals surface area contributed by atoms with Crippen molar-refractivity contribution in [2.75, 3.05) is 13.2 Å². The molecule has 0 unspecified atom stereocenters. The van der Waals surface area contributed by atoms with Gasteiger partial charge in [-0.15, -0.1) is 0 Å². The fourth-order valence-electron chi connectivity index (χ4n) is 6.97. The predicted molar refractivity (Wildman–Crippen MR) is 145 cm³/mol. The average molecular weight is 544 g/mol. The van der Waals surface area contributed by atoms with E-state index in [1.807, 2.05) is 20.8 Å². The molecular formula is C30H45N3O6. The smallest absolute Gasteiger partial charge is 0.329 e. The number of aryl methyl sites for hydroxylation is 1. The minimum Gasteiger partial charge on any atom is -0.464 e. The summed E-state index contributed by atoms with van der Waals surface area (Å²) in [5, 5.41) is 6.77. The molecule has 3 fully saturated rings. The lowest BCUT2D eigenvalue weighted by Crippen LogP contribution is -2.51. The molecule has 9 nitrogen and oxygen atoms in total. The Morgan fingerprint density at radius 3 is 2.44 bits per heavy atom. The molecule has 39 heavy (non-hydrogen) atoms. The van der Waals surface area contributed by atoms with Crippen LogP contribution in [0, 0.1) is 36.0 Å². The molecule has 9 heteroatoms. The summed E-state index contributed by atoms with van der Waals surface area (Å²) >= 11 is 0. The fraction of sp³-hybridized carbons (Fsp3) is 0.767. The van der Waals surface area contributed by atoms with Gasteiger partial charge in [0.25, 0.3) is 5.91 Å². The lowest BCUT2D eigenvalue weighted by Gasteiger charge is -2.37. The van der Waals surface area contributed by atoms with Gasteiger partial charge >= 0.3 is 5.97 Å². The van der Waals surface area contributed by atoms with Gasteiger partial charge in [0.1, 0.15) is 11.8 Å². The van der Waals surface area contributed by atoms with Crippen LogP contribution in [-0.4, -0.2) is 58.9 Å². The molecule has 1 aromatic heterocycles. The van der Waals surface area contributed by atoms with Crippen LogP contribution in [-0.2, 0) is 19.1 Å². The number of hydrogen-bond acceptors (Lipinski definition) is 7. The average Bonchev–Trinajstić information content (AvgIpc) is 3.61. The van der Waals surface area contributed by atoms with Crippen LogP contribution in [0.3, 0.4) is 0 Å². The maximum atomic E-state index is 14.2. The van der Waals surface area contributed by atoms with Crippen molar-refractivity contribution in [1.82, 2.24) is 15.4 Å². The number of likely N-dealkylation sites (tertiary alicyclic amines) is 1. The number of nitrogens with one attached hydrogen (secondary N) is 1. The van der Waals surface area contributed by atoms with E-state index >= 15 is 0 Å². The van der Waals surface area contributed by atoms with Crippen LogP contribution in [0.2, 0.25) is 0 Å². The van der Waals surface area contributed by atoms with Gasteiger partial charge in [-0.1, -0.05) is 51.6 Å². The van der Waals surface area contributed by atoms with E-state index in [0.29, 0.717) is 18.2 Å². The minimum absolute atomic E-state index is 0.00298. The van der Waals surface area contributed by atoms with E-state index in [1.54, 1.807) is 24.8 Å². The molecule has 4 rings (SSSR count). The first-order chi connectivity index (χ1) is 18.5. The monoisotopic (exact) mass is 543 g/mol. The summed E-state index contributed by atoms with van der Waals surface area (Å²) in [7, 11) is 0. The van der Waals surface area contributed by atoms with Crippen molar-refractivity contribution >= 4 is 23.6 Å². The lowest BCUT2D eigenvalue weighted by atomic mass is 9.74. The Hall–Kier alpha value is -2.71. The quantitative estimate of drug-likeness (QED) is 0.456. The molecule has 0 aromatic carbocycles. The molecule has 1 saturated heterocycles. The van der Waals surface area contributed by atoms with E-state index in [4.69, 9.17) is 9.26 Å². The molecule has 216 valence electrons. The van der Waals surface area contributed by atoms with Crippen LogP contribution in [0.4, 0.5) is 0 Å². The zero-order valence-corrected chi connectivity index (χ0v) is 24.2. The van der Waals surface area contributed by atoms with Crippen molar-refractivity contribution < 1.29 is 28.4 Å². The molecule has 2 saturated carbocycles. The number of esters is 1. The summed E-state index contributed by atoms with van der Waals surface area (Å²) in [6, 6.07) is 0.263. The van der Waals surface area contributed by atoms with E-state index in [2.05, 4.69) is 10.5 Å². The first kappa shape index (κ1) is 29.3. The Balaban J connectivity index is 1.56. The molecule has 2 heterocycles. The number of aromatic nitrogens is 1. The second kappa shape index (κ2) is 12.2. The van der Waals surface area contributed by atoms with Crippen LogP contribution in [0.25, 0.3) is 0 Å². The molecule has 0 spiro atoms. The Kier molecular flexibility index (Phi) is 9.17. The molecule has 1 aromatic rings. The fourth-order valence-corrected chi connectivity index (χ4v) is 6.97. The minimum atomic E-state index is -0.703. The first-order valence-electron chi connectivity index (χ1n) is 14.7. The number of rotatable bonds is 9. The summed E-state index contributed by atoms with van der Waals surface area (Å²) in [6.45, 7) is 10.2. The number of ether oxygens (including phenoxy) is 1. The van der Waals surface area contributed by atoms with E-state index in [9.17, 15) is 19.2 Å². The number of nitrogens with zero attached hydrogens (tertiary/aromatic N) is 2. The van der Waals surface area contributed by atoms with Crippen molar-refractivity contribution in [3.05, 3.63) is 17.5 Å². The van der Waals surface area contributed by atoms with Gasteiger partial charge in [-0.2, -0.15) is 0 Å². The maximum absolute atomic E-state index is 14.2. The van der Waals surface area contributed by atoms with Crippen molar-refractivity contribution in [3.63, 3.8) is 0 Å². The molecule has 1 N–H and O–H groups in total. The topological polar surface area (TPSA) is 119 Å². The van der Waals surface area contributed by atoms with Gasteiger partial charge in [0.05, 0.1) is 12.6 Å². The molecule has 1 aliphatic heterocycles. The zero-order chi connectivity index (χ0) is 28.3. The van der Waals surface area contributed by atoms with E-state index in [0.717, 1.165) is 51.4 Å². The van der Waals surface area contributed by atoms with Gasteiger partial charge in [-0.05, 0) is 62.7 Å². The molecule has 0 bridgehead atoms. The molecule has 0 radical (unpaired) electrons. The lowest BCUT2D eigenvalue weighted by molar-refractivity contribution is -0.157. The Morgan fingerprint density at radius 2 is 1.82 bits per heavy atom. The number of amides is 2. The predicted octanol–water partition coefficient (Wildman–Crippen LogP) is 4.47. The zero-order valence-electron chi connectivity index (χ0n) is 24.2. The number of ketones is 1. The highest BCUT2D eigenvalue weighted by Crippen LogP contribution is 2.44. The SMILES string of the molecule is CCOC(=O)[C@@H]1[C@H]2CCC[C@H]2CN1C(=O)[C@@H](CC(=O)[C@@H](NC(=O)c1cc(C)on1)C1CCCCC1)C(C)(C)C. The molecular weight excluding hydrogens is 498 g/mol. The Morgan fingerprint density at radius 1 is 1.10 bits per heavy atom. The van der Waals surface area contributed by atoms with Crippen LogP contribution in [0.5, 0.6) is 0 Å². The summed E-state index contributed by atoms with van der Waals surface area (Å²) in [5.74, 6) is -0.774. The standard InChI is InChI=1S/C30H45N3O6/c1-6-38-29(37)26-21-14-10-13-20(21)17-33(26)28(36)22(30(3,4)5)16-24(34)25(19-11-8-7-9-12-19)31-27(35)23-15-18(2)39-32-23/h15,19-22,25-26H,6-14,16-17H2,1-5H3,(H,31,35)/t20-,21-,22+,25-,26-/m0/s1. The summed E-state index contributed by atoms with van der Waals surface area (Å²) in [6.07, 6.45) is 7.80. The molecule has 3 aliphatic rings. The molecule has 2 aliphatic carbocycles. The Labute approximate surface area is 231 Å². The van der Waals surface area contributed by atoms with Gasteiger partial charge < -0.3 is 19.5 Å². The molecule has 2 amide bonds. The van der Waals surface area contributed by atoms with Crippen molar-refractivity contribution in [3.8, 4) is 0 Å². The Bertz CT molecular complexity index is 1050. The van der Waals surface area contributed by atoms with Crippen LogP contribution < -0.4 is 5.32 Å².